The number of hydrogen-bond donors (Lipinski definition) is 3. The van der Waals surface area contributed by atoms with Crippen LogP contribution < -0.4 is 15.8 Å². The Kier molecular flexibility index (Phi) is 7.32. The number of aromatic amines is 1. The summed E-state index contributed by atoms with van der Waals surface area (Å²) in [4.78, 5) is 33.5. The van der Waals surface area contributed by atoms with Gasteiger partial charge in [-0.3, -0.25) is 9.59 Å². The van der Waals surface area contributed by atoms with Crippen LogP contribution in [-0.4, -0.2) is 42.7 Å². The standard InChI is InChI=1S/C23H28N4O3/c1-4-17-9-7-8-16(2)22(17)26-21(28)15-27(12-13-30-3)14-20-24-19-11-6-5-10-18(19)23(29)25-20/h5-11H,4,12-15H2,1-3H3,(H,26,28)(H,24,25,29)/p+1. The molecular formula is C23H29N4O3+. The lowest BCUT2D eigenvalue weighted by molar-refractivity contribution is -0.906. The second-order valence-corrected chi connectivity index (χ2v) is 7.39. The van der Waals surface area contributed by atoms with E-state index >= 15 is 0 Å². The third kappa shape index (κ3) is 5.31. The zero-order valence-corrected chi connectivity index (χ0v) is 17.7. The van der Waals surface area contributed by atoms with Crippen LogP contribution in [0.3, 0.4) is 0 Å². The summed E-state index contributed by atoms with van der Waals surface area (Å²) in [6.07, 6.45) is 0.847. The number of H-pyrrole nitrogens is 1. The lowest BCUT2D eigenvalue weighted by Gasteiger charge is -2.19. The topological polar surface area (TPSA) is 88.5 Å². The molecule has 158 valence electrons. The summed E-state index contributed by atoms with van der Waals surface area (Å²) in [6.45, 7) is 5.86. The molecule has 0 radical (unpaired) electrons. The summed E-state index contributed by atoms with van der Waals surface area (Å²) in [7, 11) is 1.63. The molecule has 0 spiro atoms. The fourth-order valence-corrected chi connectivity index (χ4v) is 3.55. The van der Waals surface area contributed by atoms with Crippen molar-refractivity contribution in [2.24, 2.45) is 0 Å². The van der Waals surface area contributed by atoms with Crippen molar-refractivity contribution in [3.63, 3.8) is 0 Å². The highest BCUT2D eigenvalue weighted by Crippen LogP contribution is 2.20. The van der Waals surface area contributed by atoms with Crippen LogP contribution in [0.1, 0.15) is 23.9 Å². The van der Waals surface area contributed by atoms with E-state index in [-0.39, 0.29) is 18.0 Å². The van der Waals surface area contributed by atoms with E-state index < -0.39 is 0 Å². The number of rotatable bonds is 9. The SMILES string of the molecule is CCc1cccc(C)c1NC(=O)C[NH+](CCOC)Cc1nc2ccccc2c(=O)[nH]1. The molecule has 3 rings (SSSR count). The molecular weight excluding hydrogens is 380 g/mol. The smallest absolute Gasteiger partial charge is 0.279 e. The number of ether oxygens (including phenoxy) is 1. The van der Waals surface area contributed by atoms with Gasteiger partial charge >= 0.3 is 0 Å². The van der Waals surface area contributed by atoms with E-state index in [1.807, 2.05) is 43.3 Å². The second-order valence-electron chi connectivity index (χ2n) is 7.39. The van der Waals surface area contributed by atoms with Gasteiger partial charge in [-0.2, -0.15) is 0 Å². The molecule has 7 nitrogen and oxygen atoms in total. The van der Waals surface area contributed by atoms with Gasteiger partial charge in [-0.1, -0.05) is 37.3 Å². The molecule has 7 heteroatoms. The molecule has 0 aliphatic carbocycles. The van der Waals surface area contributed by atoms with Crippen molar-refractivity contribution >= 4 is 22.5 Å². The van der Waals surface area contributed by atoms with Gasteiger partial charge in [0, 0.05) is 12.8 Å². The summed E-state index contributed by atoms with van der Waals surface area (Å²) in [5.74, 6) is 0.482. The molecule has 0 aliphatic heterocycles. The monoisotopic (exact) mass is 409 g/mol. The number of amides is 1. The van der Waals surface area contributed by atoms with Gasteiger partial charge in [0.15, 0.2) is 12.4 Å². The first kappa shape index (κ1) is 21.7. The van der Waals surface area contributed by atoms with E-state index in [1.165, 1.54) is 0 Å². The number of carbonyl (C=O) groups is 1. The van der Waals surface area contributed by atoms with E-state index in [4.69, 9.17) is 4.74 Å². The minimum Gasteiger partial charge on any atom is -0.379 e. The van der Waals surface area contributed by atoms with Crippen molar-refractivity contribution in [2.75, 3.05) is 32.1 Å². The molecule has 3 N–H and O–H groups in total. The third-order valence-corrected chi connectivity index (χ3v) is 5.15. The fourth-order valence-electron chi connectivity index (χ4n) is 3.55. The lowest BCUT2D eigenvalue weighted by atomic mass is 10.1. The van der Waals surface area contributed by atoms with Gasteiger partial charge in [0.05, 0.1) is 17.5 Å². The molecule has 0 aliphatic rings. The predicted molar refractivity (Wildman–Crippen MR) is 118 cm³/mol. The van der Waals surface area contributed by atoms with Crippen molar-refractivity contribution < 1.29 is 14.4 Å². The highest BCUT2D eigenvalue weighted by atomic mass is 16.5. The van der Waals surface area contributed by atoms with Gasteiger partial charge in [0.25, 0.3) is 11.5 Å². The van der Waals surface area contributed by atoms with Crippen LogP contribution in [0.5, 0.6) is 0 Å². The van der Waals surface area contributed by atoms with Crippen molar-refractivity contribution in [3.05, 3.63) is 69.8 Å². The number of quaternary nitrogens is 1. The minimum absolute atomic E-state index is 0.0757. The van der Waals surface area contributed by atoms with Crippen LogP contribution in [0.15, 0.2) is 47.3 Å². The first-order valence-corrected chi connectivity index (χ1v) is 10.2. The molecule has 2 aromatic carbocycles. The second kappa shape index (κ2) is 10.1. The van der Waals surface area contributed by atoms with Gasteiger partial charge in [0.2, 0.25) is 0 Å². The van der Waals surface area contributed by atoms with E-state index in [0.29, 0.717) is 36.4 Å². The van der Waals surface area contributed by atoms with Gasteiger partial charge in [-0.15, -0.1) is 0 Å². The molecule has 1 amide bonds. The van der Waals surface area contributed by atoms with Crippen molar-refractivity contribution in [1.29, 1.82) is 0 Å². The summed E-state index contributed by atoms with van der Waals surface area (Å²) < 4.78 is 5.21. The number of methoxy groups -OCH3 is 1. The number of para-hydroxylation sites is 2. The van der Waals surface area contributed by atoms with Crippen LogP contribution in [-0.2, 0) is 22.5 Å². The van der Waals surface area contributed by atoms with E-state index in [1.54, 1.807) is 13.2 Å². The quantitative estimate of drug-likeness (QED) is 0.499. The minimum atomic E-state index is -0.168. The summed E-state index contributed by atoms with van der Waals surface area (Å²) in [6, 6.07) is 13.3. The zero-order chi connectivity index (χ0) is 21.5. The molecule has 0 saturated heterocycles. The number of nitrogens with one attached hydrogen (secondary N) is 3. The summed E-state index contributed by atoms with van der Waals surface area (Å²) in [5.41, 5.74) is 3.52. The molecule has 1 aromatic heterocycles. The third-order valence-electron chi connectivity index (χ3n) is 5.15. The molecule has 3 aromatic rings. The maximum absolute atomic E-state index is 12.8. The van der Waals surface area contributed by atoms with Gasteiger partial charge in [0.1, 0.15) is 13.1 Å². The van der Waals surface area contributed by atoms with Crippen LogP contribution >= 0.6 is 0 Å². The Labute approximate surface area is 176 Å². The van der Waals surface area contributed by atoms with Crippen LogP contribution in [0.2, 0.25) is 0 Å². The number of aromatic nitrogens is 2. The van der Waals surface area contributed by atoms with Crippen molar-refractivity contribution in [3.8, 4) is 0 Å². The summed E-state index contributed by atoms with van der Waals surface area (Å²) >= 11 is 0. The summed E-state index contributed by atoms with van der Waals surface area (Å²) in [5, 5.41) is 3.63. The Hall–Kier alpha value is -3.03. The molecule has 0 bridgehead atoms. The molecule has 1 heterocycles. The van der Waals surface area contributed by atoms with Gasteiger partial charge in [-0.05, 0) is 36.6 Å². The number of benzene rings is 2. The lowest BCUT2D eigenvalue weighted by Crippen LogP contribution is -3.12. The molecule has 1 atom stereocenters. The van der Waals surface area contributed by atoms with Gasteiger partial charge < -0.3 is 19.9 Å². The van der Waals surface area contributed by atoms with Crippen molar-refractivity contribution in [2.45, 2.75) is 26.8 Å². The number of anilines is 1. The van der Waals surface area contributed by atoms with E-state index in [2.05, 4.69) is 22.2 Å². The van der Waals surface area contributed by atoms with E-state index in [0.717, 1.165) is 28.1 Å². The first-order chi connectivity index (χ1) is 14.5. The Bertz CT molecular complexity index is 1080. The maximum atomic E-state index is 12.8. The number of aryl methyl sites for hydroxylation is 2. The fraction of sp³-hybridized carbons (Fsp3) is 0.348. The Morgan fingerprint density at radius 3 is 2.77 bits per heavy atom. The highest BCUT2D eigenvalue weighted by molar-refractivity contribution is 5.93. The van der Waals surface area contributed by atoms with Crippen LogP contribution in [0, 0.1) is 6.92 Å². The number of nitrogens with zero attached hydrogens (tertiary/aromatic N) is 1. The Morgan fingerprint density at radius 1 is 1.20 bits per heavy atom. The highest BCUT2D eigenvalue weighted by Gasteiger charge is 2.18. The largest absolute Gasteiger partial charge is 0.379 e. The van der Waals surface area contributed by atoms with Crippen LogP contribution in [0.4, 0.5) is 5.69 Å². The first-order valence-electron chi connectivity index (χ1n) is 10.2. The maximum Gasteiger partial charge on any atom is 0.279 e. The Morgan fingerprint density at radius 2 is 2.00 bits per heavy atom. The average Bonchev–Trinajstić information content (AvgIpc) is 2.73. The molecule has 30 heavy (non-hydrogen) atoms. The zero-order valence-electron chi connectivity index (χ0n) is 17.7. The Balaban J connectivity index is 1.76. The van der Waals surface area contributed by atoms with Crippen molar-refractivity contribution in [1.82, 2.24) is 9.97 Å². The predicted octanol–water partition coefficient (Wildman–Crippen LogP) is 1.46. The molecule has 1 unspecified atom stereocenters. The number of fused-ring (bicyclic) bond motifs is 1. The van der Waals surface area contributed by atoms with Crippen LogP contribution in [0.25, 0.3) is 10.9 Å². The number of carbonyl (C=O) groups excluding carboxylic acids is 1. The average molecular weight is 410 g/mol. The molecule has 0 saturated carbocycles. The van der Waals surface area contributed by atoms with E-state index in [9.17, 15) is 9.59 Å². The molecule has 0 fully saturated rings. The normalized spacial score (nSPS) is 12.1. The number of hydrogen-bond acceptors (Lipinski definition) is 4. The van der Waals surface area contributed by atoms with Gasteiger partial charge in [-0.25, -0.2) is 4.98 Å².